The molecule has 0 fully saturated rings. The largest absolute Gasteiger partial charge is 0.324 e. The third-order valence-electron chi connectivity index (χ3n) is 3.90. The Labute approximate surface area is 116 Å². The van der Waals surface area contributed by atoms with Crippen molar-refractivity contribution in [1.82, 2.24) is 4.98 Å². The molecule has 2 heteroatoms. The maximum Gasteiger partial charge on any atom is 0.0346 e. The highest BCUT2D eigenvalue weighted by molar-refractivity contribution is 5.85. The standard InChI is InChI=1S/C17H24N2/c1-3-6-13(7-4-2)17(18)16-9-5-8-14-12-19-11-10-15(14)16/h5,8-13,17H,3-4,6-7,18H2,1-2H3. The molecule has 1 unspecified atom stereocenters. The summed E-state index contributed by atoms with van der Waals surface area (Å²) in [6, 6.07) is 8.58. The van der Waals surface area contributed by atoms with Crippen LogP contribution in [-0.2, 0) is 0 Å². The summed E-state index contributed by atoms with van der Waals surface area (Å²) in [5, 5.41) is 2.43. The van der Waals surface area contributed by atoms with Crippen LogP contribution >= 0.6 is 0 Å². The van der Waals surface area contributed by atoms with Crippen LogP contribution in [0.2, 0.25) is 0 Å². The molecule has 0 radical (unpaired) electrons. The van der Waals surface area contributed by atoms with Crippen LogP contribution in [0.5, 0.6) is 0 Å². The molecule has 2 nitrogen and oxygen atoms in total. The van der Waals surface area contributed by atoms with E-state index in [1.165, 1.54) is 42.0 Å². The van der Waals surface area contributed by atoms with Crippen LogP contribution in [0.4, 0.5) is 0 Å². The summed E-state index contributed by atoms with van der Waals surface area (Å²) in [7, 11) is 0. The van der Waals surface area contributed by atoms with Crippen molar-refractivity contribution in [1.29, 1.82) is 0 Å². The molecule has 0 aliphatic heterocycles. The lowest BCUT2D eigenvalue weighted by molar-refractivity contribution is 0.370. The van der Waals surface area contributed by atoms with Gasteiger partial charge in [-0.3, -0.25) is 4.98 Å². The van der Waals surface area contributed by atoms with Crippen LogP contribution < -0.4 is 5.73 Å². The molecule has 102 valence electrons. The van der Waals surface area contributed by atoms with E-state index in [9.17, 15) is 0 Å². The number of fused-ring (bicyclic) bond motifs is 1. The molecule has 1 aromatic carbocycles. The van der Waals surface area contributed by atoms with E-state index in [2.05, 4.69) is 43.1 Å². The number of pyridine rings is 1. The van der Waals surface area contributed by atoms with E-state index in [0.717, 1.165) is 0 Å². The number of hydrogen-bond donors (Lipinski definition) is 1. The predicted octanol–water partition coefficient (Wildman–Crippen LogP) is 4.45. The van der Waals surface area contributed by atoms with Crippen LogP contribution in [-0.4, -0.2) is 4.98 Å². The van der Waals surface area contributed by atoms with E-state index in [1.807, 2.05) is 12.4 Å². The first-order valence-electron chi connectivity index (χ1n) is 7.36. The quantitative estimate of drug-likeness (QED) is 0.829. The second-order valence-electron chi connectivity index (χ2n) is 5.31. The van der Waals surface area contributed by atoms with E-state index in [-0.39, 0.29) is 6.04 Å². The Hall–Kier alpha value is -1.41. The third kappa shape index (κ3) is 3.13. The molecule has 1 heterocycles. The lowest BCUT2D eigenvalue weighted by Crippen LogP contribution is -2.21. The number of nitrogens with zero attached hydrogens (tertiary/aromatic N) is 1. The molecule has 0 spiro atoms. The Morgan fingerprint density at radius 3 is 2.53 bits per heavy atom. The van der Waals surface area contributed by atoms with Gasteiger partial charge in [-0.1, -0.05) is 44.9 Å². The molecule has 0 aliphatic rings. The highest BCUT2D eigenvalue weighted by atomic mass is 14.7. The molecule has 19 heavy (non-hydrogen) atoms. The van der Waals surface area contributed by atoms with E-state index in [1.54, 1.807) is 0 Å². The van der Waals surface area contributed by atoms with Gasteiger partial charge in [0.15, 0.2) is 0 Å². The van der Waals surface area contributed by atoms with Gasteiger partial charge in [0.1, 0.15) is 0 Å². The molecular formula is C17H24N2. The van der Waals surface area contributed by atoms with Gasteiger partial charge >= 0.3 is 0 Å². The monoisotopic (exact) mass is 256 g/mol. The first-order valence-corrected chi connectivity index (χ1v) is 7.36. The van der Waals surface area contributed by atoms with Crippen molar-refractivity contribution in [2.45, 2.75) is 45.6 Å². The number of benzene rings is 1. The van der Waals surface area contributed by atoms with Crippen LogP contribution in [0.3, 0.4) is 0 Å². The van der Waals surface area contributed by atoms with Crippen LogP contribution in [0.1, 0.15) is 51.1 Å². The van der Waals surface area contributed by atoms with Gasteiger partial charge in [0, 0.05) is 23.8 Å². The molecule has 1 aromatic heterocycles. The Kier molecular flexibility index (Phi) is 4.92. The van der Waals surface area contributed by atoms with Crippen molar-refractivity contribution in [3.05, 3.63) is 42.2 Å². The summed E-state index contributed by atoms with van der Waals surface area (Å²) >= 11 is 0. The van der Waals surface area contributed by atoms with Gasteiger partial charge in [-0.05, 0) is 35.8 Å². The molecule has 0 aliphatic carbocycles. The van der Waals surface area contributed by atoms with Gasteiger partial charge in [-0.15, -0.1) is 0 Å². The number of nitrogens with two attached hydrogens (primary N) is 1. The topological polar surface area (TPSA) is 38.9 Å². The van der Waals surface area contributed by atoms with Crippen molar-refractivity contribution in [3.63, 3.8) is 0 Å². The van der Waals surface area contributed by atoms with Crippen LogP contribution in [0, 0.1) is 5.92 Å². The summed E-state index contributed by atoms with van der Waals surface area (Å²) in [4.78, 5) is 4.19. The molecular weight excluding hydrogens is 232 g/mol. The summed E-state index contributed by atoms with van der Waals surface area (Å²) in [6.45, 7) is 4.48. The Morgan fingerprint density at radius 2 is 1.84 bits per heavy atom. The van der Waals surface area contributed by atoms with Gasteiger partial charge < -0.3 is 5.73 Å². The first-order chi connectivity index (χ1) is 9.27. The minimum absolute atomic E-state index is 0.131. The summed E-state index contributed by atoms with van der Waals surface area (Å²) in [5.74, 6) is 0.578. The lowest BCUT2D eigenvalue weighted by Gasteiger charge is -2.24. The zero-order valence-electron chi connectivity index (χ0n) is 12.0. The van der Waals surface area contributed by atoms with E-state index >= 15 is 0 Å². The molecule has 2 aromatic rings. The van der Waals surface area contributed by atoms with Gasteiger partial charge in [0.25, 0.3) is 0 Å². The zero-order chi connectivity index (χ0) is 13.7. The van der Waals surface area contributed by atoms with Crippen molar-refractivity contribution in [2.75, 3.05) is 0 Å². The highest BCUT2D eigenvalue weighted by Crippen LogP contribution is 2.31. The smallest absolute Gasteiger partial charge is 0.0346 e. The van der Waals surface area contributed by atoms with Crippen molar-refractivity contribution in [3.8, 4) is 0 Å². The first kappa shape index (κ1) is 14.0. The van der Waals surface area contributed by atoms with Crippen molar-refractivity contribution >= 4 is 10.8 Å². The minimum atomic E-state index is 0.131. The fraction of sp³-hybridized carbons (Fsp3) is 0.471. The maximum atomic E-state index is 6.56. The molecule has 1 atom stereocenters. The van der Waals surface area contributed by atoms with E-state index in [0.29, 0.717) is 5.92 Å². The predicted molar refractivity (Wildman–Crippen MR) is 82.0 cm³/mol. The average Bonchev–Trinajstić information content (AvgIpc) is 2.46. The lowest BCUT2D eigenvalue weighted by atomic mass is 9.85. The van der Waals surface area contributed by atoms with E-state index in [4.69, 9.17) is 5.73 Å². The van der Waals surface area contributed by atoms with Crippen LogP contribution in [0.25, 0.3) is 10.8 Å². The number of hydrogen-bond acceptors (Lipinski definition) is 2. The molecule has 0 saturated carbocycles. The van der Waals surface area contributed by atoms with Crippen molar-refractivity contribution < 1.29 is 0 Å². The van der Waals surface area contributed by atoms with Gasteiger partial charge in [-0.2, -0.15) is 0 Å². The normalized spacial score (nSPS) is 13.1. The van der Waals surface area contributed by atoms with Crippen molar-refractivity contribution in [2.24, 2.45) is 11.7 Å². The minimum Gasteiger partial charge on any atom is -0.324 e. The van der Waals surface area contributed by atoms with Gasteiger partial charge in [-0.25, -0.2) is 0 Å². The second-order valence-corrected chi connectivity index (χ2v) is 5.31. The van der Waals surface area contributed by atoms with Crippen LogP contribution in [0.15, 0.2) is 36.7 Å². The fourth-order valence-electron chi connectivity index (χ4n) is 2.94. The summed E-state index contributed by atoms with van der Waals surface area (Å²) in [5.41, 5.74) is 7.83. The molecule has 0 bridgehead atoms. The Morgan fingerprint density at radius 1 is 1.11 bits per heavy atom. The number of aromatic nitrogens is 1. The molecule has 2 rings (SSSR count). The highest BCUT2D eigenvalue weighted by Gasteiger charge is 2.19. The Bertz CT molecular complexity index is 510. The summed E-state index contributed by atoms with van der Waals surface area (Å²) in [6.07, 6.45) is 8.58. The third-order valence-corrected chi connectivity index (χ3v) is 3.90. The zero-order valence-corrected chi connectivity index (χ0v) is 12.0. The number of rotatable bonds is 6. The summed E-state index contributed by atoms with van der Waals surface area (Å²) < 4.78 is 0. The Balaban J connectivity index is 2.36. The second kappa shape index (κ2) is 6.67. The average molecular weight is 256 g/mol. The maximum absolute atomic E-state index is 6.56. The van der Waals surface area contributed by atoms with Gasteiger partial charge in [0.05, 0.1) is 0 Å². The van der Waals surface area contributed by atoms with E-state index < -0.39 is 0 Å². The van der Waals surface area contributed by atoms with Gasteiger partial charge in [0.2, 0.25) is 0 Å². The fourth-order valence-corrected chi connectivity index (χ4v) is 2.94. The molecule has 0 amide bonds. The molecule has 0 saturated heterocycles. The SMILES string of the molecule is CCCC(CCC)C(N)c1cccc2cnccc12. The molecule has 2 N–H and O–H groups in total.